The Morgan fingerprint density at radius 1 is 0.944 bits per heavy atom. The molecule has 0 saturated heterocycles. The first kappa shape index (κ1) is 24.1. The Morgan fingerprint density at radius 2 is 1.67 bits per heavy atom. The molecule has 0 aliphatic carbocycles. The number of fused-ring (bicyclic) bond motifs is 1. The van der Waals surface area contributed by atoms with Crippen LogP contribution in [0.15, 0.2) is 70.4 Å². The number of aromatic nitrogens is 3. The van der Waals surface area contributed by atoms with Gasteiger partial charge in [-0.15, -0.1) is 0 Å². The normalized spacial score (nSPS) is 13.0. The molecule has 1 aliphatic rings. The number of benzene rings is 3. The Bertz CT molecular complexity index is 1580. The van der Waals surface area contributed by atoms with Gasteiger partial charge in [-0.05, 0) is 60.0 Å². The van der Waals surface area contributed by atoms with Crippen molar-refractivity contribution in [3.8, 4) is 17.2 Å². The van der Waals surface area contributed by atoms with Crippen LogP contribution in [0, 0.1) is 0 Å². The lowest BCUT2D eigenvalue weighted by atomic mass is 9.98. The second-order valence-corrected chi connectivity index (χ2v) is 9.36. The molecule has 1 aromatic heterocycles. The molecule has 182 valence electrons. The first-order valence-electron chi connectivity index (χ1n) is 10.8. The summed E-state index contributed by atoms with van der Waals surface area (Å²) < 4.78 is 6.91. The number of carbonyl (C=O) groups is 1. The lowest BCUT2D eigenvalue weighted by Gasteiger charge is -2.29. The minimum atomic E-state index is -0.729. The SMILES string of the molecule is O=C1c2ccc(Oc3c(Cl)cc(-n4ncc(=O)[nH]c4=O)cc3Cl)cc2CCN1Cc1ccc(Cl)cc1. The molecule has 4 aromatic rings. The molecule has 5 rings (SSSR count). The Hall–Kier alpha value is -3.59. The minimum absolute atomic E-state index is 0.0583. The summed E-state index contributed by atoms with van der Waals surface area (Å²) in [6, 6.07) is 15.5. The van der Waals surface area contributed by atoms with Gasteiger partial charge in [0.15, 0.2) is 5.75 Å². The molecule has 0 spiro atoms. The molecule has 1 amide bonds. The van der Waals surface area contributed by atoms with Crippen LogP contribution in [-0.2, 0) is 13.0 Å². The summed E-state index contributed by atoms with van der Waals surface area (Å²) in [4.78, 5) is 40.3. The van der Waals surface area contributed by atoms with E-state index in [0.717, 1.165) is 22.0 Å². The second-order valence-electron chi connectivity index (χ2n) is 8.11. The maximum Gasteiger partial charge on any atom is 0.349 e. The lowest BCUT2D eigenvalue weighted by Crippen LogP contribution is -2.37. The van der Waals surface area contributed by atoms with E-state index >= 15 is 0 Å². The first-order chi connectivity index (χ1) is 17.3. The number of aromatic amines is 1. The monoisotopic (exact) mass is 542 g/mol. The maximum absolute atomic E-state index is 13.0. The van der Waals surface area contributed by atoms with Crippen LogP contribution in [0.2, 0.25) is 15.1 Å². The van der Waals surface area contributed by atoms with E-state index in [9.17, 15) is 14.4 Å². The van der Waals surface area contributed by atoms with Crippen LogP contribution in [0.1, 0.15) is 21.5 Å². The molecule has 0 unspecified atom stereocenters. The van der Waals surface area contributed by atoms with Crippen molar-refractivity contribution in [2.75, 3.05) is 6.54 Å². The Morgan fingerprint density at radius 3 is 2.36 bits per heavy atom. The molecule has 1 N–H and O–H groups in total. The van der Waals surface area contributed by atoms with Crippen molar-refractivity contribution in [2.24, 2.45) is 0 Å². The van der Waals surface area contributed by atoms with Gasteiger partial charge < -0.3 is 9.64 Å². The molecule has 0 fully saturated rings. The molecular weight excluding hydrogens is 527 g/mol. The number of ether oxygens (including phenoxy) is 1. The Kier molecular flexibility index (Phi) is 6.57. The Labute approximate surface area is 219 Å². The summed E-state index contributed by atoms with van der Waals surface area (Å²) in [6.45, 7) is 1.06. The summed E-state index contributed by atoms with van der Waals surface area (Å²) in [7, 11) is 0. The average molecular weight is 544 g/mol. The summed E-state index contributed by atoms with van der Waals surface area (Å²) in [6.07, 6.45) is 1.63. The highest BCUT2D eigenvalue weighted by Gasteiger charge is 2.25. The number of nitrogens with zero attached hydrogens (tertiary/aromatic N) is 3. The second kappa shape index (κ2) is 9.81. The van der Waals surface area contributed by atoms with Crippen LogP contribution in [0.25, 0.3) is 5.69 Å². The third kappa shape index (κ3) is 4.88. The molecule has 0 saturated carbocycles. The van der Waals surface area contributed by atoms with Crippen molar-refractivity contribution >= 4 is 40.7 Å². The molecule has 2 heterocycles. The van der Waals surface area contributed by atoms with Gasteiger partial charge in [-0.1, -0.05) is 46.9 Å². The molecule has 3 aromatic carbocycles. The van der Waals surface area contributed by atoms with Gasteiger partial charge in [-0.3, -0.25) is 14.6 Å². The molecular formula is C25H17Cl3N4O4. The fourth-order valence-corrected chi connectivity index (χ4v) is 4.64. The van der Waals surface area contributed by atoms with E-state index in [0.29, 0.717) is 35.8 Å². The topological polar surface area (TPSA) is 97.3 Å². The zero-order valence-electron chi connectivity index (χ0n) is 18.5. The first-order valence-corrected chi connectivity index (χ1v) is 11.9. The number of hydrogen-bond acceptors (Lipinski definition) is 5. The number of H-pyrrole nitrogens is 1. The minimum Gasteiger partial charge on any atom is -0.454 e. The molecule has 1 aliphatic heterocycles. The highest BCUT2D eigenvalue weighted by atomic mass is 35.5. The average Bonchev–Trinajstić information content (AvgIpc) is 2.84. The summed E-state index contributed by atoms with van der Waals surface area (Å²) in [5, 5.41) is 4.73. The van der Waals surface area contributed by atoms with Crippen LogP contribution < -0.4 is 16.0 Å². The van der Waals surface area contributed by atoms with Gasteiger partial charge in [0.1, 0.15) is 11.9 Å². The van der Waals surface area contributed by atoms with Crippen LogP contribution in [0.5, 0.6) is 11.5 Å². The standard InChI is InChI=1S/C25H17Cl3N4O4/c26-16-3-1-14(2-4-16)13-31-8-7-15-9-18(5-6-19(15)24(31)34)36-23-20(27)10-17(11-21(23)28)32-25(35)30-22(33)12-29-32/h1-6,9-12H,7-8,13H2,(H,30,33,35). The number of rotatable bonds is 5. The molecule has 0 bridgehead atoms. The molecule has 11 heteroatoms. The Balaban J connectivity index is 1.36. The lowest BCUT2D eigenvalue weighted by molar-refractivity contribution is 0.0727. The summed E-state index contributed by atoms with van der Waals surface area (Å²) >= 11 is 18.7. The largest absolute Gasteiger partial charge is 0.454 e. The van der Waals surface area contributed by atoms with Gasteiger partial charge in [0.05, 0.1) is 15.7 Å². The molecule has 0 atom stereocenters. The fraction of sp³-hybridized carbons (Fsp3) is 0.120. The number of carbonyl (C=O) groups excluding carboxylic acids is 1. The summed E-state index contributed by atoms with van der Waals surface area (Å²) in [5.74, 6) is 0.589. The quantitative estimate of drug-likeness (QED) is 0.387. The van der Waals surface area contributed by atoms with Gasteiger partial charge in [0, 0.05) is 23.7 Å². The van der Waals surface area contributed by atoms with Crippen molar-refractivity contribution in [3.05, 3.63) is 113 Å². The molecule has 36 heavy (non-hydrogen) atoms. The maximum atomic E-state index is 13.0. The van der Waals surface area contributed by atoms with Crippen LogP contribution in [-0.4, -0.2) is 32.1 Å². The fourth-order valence-electron chi connectivity index (χ4n) is 3.96. The van der Waals surface area contributed by atoms with Crippen LogP contribution in [0.4, 0.5) is 0 Å². The van der Waals surface area contributed by atoms with Gasteiger partial charge in [0.25, 0.3) is 11.5 Å². The number of hydrogen-bond donors (Lipinski definition) is 1. The van der Waals surface area contributed by atoms with E-state index in [2.05, 4.69) is 10.1 Å². The van der Waals surface area contributed by atoms with E-state index in [1.165, 1.54) is 12.1 Å². The molecule has 0 radical (unpaired) electrons. The van der Waals surface area contributed by atoms with Crippen molar-refractivity contribution in [1.29, 1.82) is 0 Å². The van der Waals surface area contributed by atoms with Crippen molar-refractivity contribution < 1.29 is 9.53 Å². The zero-order valence-corrected chi connectivity index (χ0v) is 20.8. The van der Waals surface area contributed by atoms with Gasteiger partial charge >= 0.3 is 5.69 Å². The molecule has 8 nitrogen and oxygen atoms in total. The zero-order chi connectivity index (χ0) is 25.4. The van der Waals surface area contributed by atoms with Gasteiger partial charge in [0.2, 0.25) is 0 Å². The van der Waals surface area contributed by atoms with E-state index < -0.39 is 11.2 Å². The van der Waals surface area contributed by atoms with E-state index in [-0.39, 0.29) is 27.4 Å². The number of amides is 1. The van der Waals surface area contributed by atoms with E-state index in [1.54, 1.807) is 35.2 Å². The number of nitrogens with one attached hydrogen (secondary N) is 1. The van der Waals surface area contributed by atoms with E-state index in [1.807, 2.05) is 12.1 Å². The van der Waals surface area contributed by atoms with Crippen molar-refractivity contribution in [3.63, 3.8) is 0 Å². The summed E-state index contributed by atoms with van der Waals surface area (Å²) in [5.41, 5.74) is 1.38. The van der Waals surface area contributed by atoms with Crippen molar-refractivity contribution in [2.45, 2.75) is 13.0 Å². The third-order valence-corrected chi connectivity index (χ3v) is 6.51. The third-order valence-electron chi connectivity index (χ3n) is 5.69. The predicted octanol–water partition coefficient (Wildman–Crippen LogP) is 4.87. The highest BCUT2D eigenvalue weighted by molar-refractivity contribution is 6.37. The highest BCUT2D eigenvalue weighted by Crippen LogP contribution is 2.39. The van der Waals surface area contributed by atoms with Crippen LogP contribution >= 0.6 is 34.8 Å². The van der Waals surface area contributed by atoms with Crippen molar-refractivity contribution in [1.82, 2.24) is 19.7 Å². The predicted molar refractivity (Wildman–Crippen MR) is 137 cm³/mol. The smallest absolute Gasteiger partial charge is 0.349 e. The van der Waals surface area contributed by atoms with Gasteiger partial charge in [-0.25, -0.2) is 4.79 Å². The van der Waals surface area contributed by atoms with Crippen LogP contribution in [0.3, 0.4) is 0 Å². The van der Waals surface area contributed by atoms with E-state index in [4.69, 9.17) is 39.5 Å². The number of halogens is 3. The van der Waals surface area contributed by atoms with Gasteiger partial charge in [-0.2, -0.15) is 9.78 Å².